The molecule has 0 aromatic heterocycles. The van der Waals surface area contributed by atoms with Crippen LogP contribution in [0.1, 0.15) is 41.6 Å². The van der Waals surface area contributed by atoms with Gasteiger partial charge in [0.1, 0.15) is 7.85 Å². The summed E-state index contributed by atoms with van der Waals surface area (Å²) < 4.78 is 0. The maximum absolute atomic E-state index is 12.1. The lowest BCUT2D eigenvalue weighted by Crippen LogP contribution is -2.51. The predicted octanol–water partition coefficient (Wildman–Crippen LogP) is 0.562. The fraction of sp³-hybridized carbons (Fsp3) is 0.385. The topological polar surface area (TPSA) is 46.2 Å². The van der Waals surface area contributed by atoms with Crippen LogP contribution in [0.15, 0.2) is 18.2 Å². The van der Waals surface area contributed by atoms with Gasteiger partial charge in [0, 0.05) is 5.56 Å². The van der Waals surface area contributed by atoms with Gasteiger partial charge in [-0.15, -0.1) is 0 Å². The third kappa shape index (κ3) is 1.36. The monoisotopic (exact) mass is 225 g/mol. The molecular formula is C13H12BNO2. The number of fused-ring (bicyclic) bond motifs is 2. The summed E-state index contributed by atoms with van der Waals surface area (Å²) in [5, 5.41) is 2.47. The highest BCUT2D eigenvalue weighted by Gasteiger charge is 2.48. The van der Waals surface area contributed by atoms with E-state index >= 15 is 0 Å². The molecule has 1 fully saturated rings. The first kappa shape index (κ1) is 10.6. The Bertz CT molecular complexity index is 518. The fourth-order valence-corrected chi connectivity index (χ4v) is 3.04. The van der Waals surface area contributed by atoms with E-state index in [1.165, 1.54) is 0 Å². The Balaban J connectivity index is 2.25. The van der Waals surface area contributed by atoms with Crippen molar-refractivity contribution in [1.29, 1.82) is 0 Å². The van der Waals surface area contributed by atoms with Crippen molar-refractivity contribution >= 4 is 25.1 Å². The van der Waals surface area contributed by atoms with Crippen LogP contribution in [0.5, 0.6) is 0 Å². The highest BCUT2D eigenvalue weighted by molar-refractivity contribution is 6.32. The van der Waals surface area contributed by atoms with Crippen molar-refractivity contribution in [2.24, 2.45) is 0 Å². The Morgan fingerprint density at radius 2 is 1.88 bits per heavy atom. The summed E-state index contributed by atoms with van der Waals surface area (Å²) in [5.74, 6) is -0.458. The summed E-state index contributed by atoms with van der Waals surface area (Å²) >= 11 is 0. The lowest BCUT2D eigenvalue weighted by atomic mass is 9.72. The van der Waals surface area contributed by atoms with Crippen LogP contribution in [-0.2, 0) is 10.2 Å². The molecule has 0 bridgehead atoms. The molecule has 3 rings (SSSR count). The van der Waals surface area contributed by atoms with Gasteiger partial charge >= 0.3 is 0 Å². The average Bonchev–Trinajstić information content (AvgIpc) is 2.77. The molecule has 0 saturated heterocycles. The summed E-state index contributed by atoms with van der Waals surface area (Å²) in [5.41, 5.74) is 1.51. The summed E-state index contributed by atoms with van der Waals surface area (Å²) in [6.45, 7) is 0. The van der Waals surface area contributed by atoms with Crippen molar-refractivity contribution in [2.45, 2.75) is 31.1 Å². The molecule has 1 spiro atoms. The standard InChI is InChI=1S/C13H12BNO2/c14-8-3-4-9-10(7-8)13(5-1-2-6-13)12(17)15-11(9)16/h3-4,7H,1-2,5-6H2,(H,15,16,17). The second-order valence-electron chi connectivity index (χ2n) is 4.88. The number of nitrogens with one attached hydrogen (secondary N) is 1. The van der Waals surface area contributed by atoms with Gasteiger partial charge in [0.05, 0.1) is 5.41 Å². The molecule has 1 aromatic rings. The number of rotatable bonds is 0. The summed E-state index contributed by atoms with van der Waals surface area (Å²) in [7, 11) is 5.78. The zero-order valence-corrected chi connectivity index (χ0v) is 9.45. The van der Waals surface area contributed by atoms with Crippen LogP contribution >= 0.6 is 0 Å². The SMILES string of the molecule is [B]c1ccc2c(c1)C1(CCCC1)C(=O)NC2=O. The minimum Gasteiger partial charge on any atom is -0.292 e. The van der Waals surface area contributed by atoms with E-state index in [1.54, 1.807) is 18.2 Å². The van der Waals surface area contributed by atoms with Crippen LogP contribution in [0.2, 0.25) is 0 Å². The highest BCUT2D eigenvalue weighted by Crippen LogP contribution is 2.44. The molecule has 2 aliphatic rings. The van der Waals surface area contributed by atoms with E-state index in [9.17, 15) is 9.59 Å². The van der Waals surface area contributed by atoms with Crippen molar-refractivity contribution in [3.63, 3.8) is 0 Å². The molecule has 0 atom stereocenters. The van der Waals surface area contributed by atoms with Gasteiger partial charge in [0.25, 0.3) is 5.91 Å². The van der Waals surface area contributed by atoms with Crippen LogP contribution in [0.4, 0.5) is 0 Å². The molecule has 1 aromatic carbocycles. The molecule has 1 aliphatic heterocycles. The summed E-state index contributed by atoms with van der Waals surface area (Å²) in [6.07, 6.45) is 3.66. The van der Waals surface area contributed by atoms with Crippen LogP contribution in [0, 0.1) is 0 Å². The van der Waals surface area contributed by atoms with Crippen LogP contribution < -0.4 is 10.8 Å². The Kier molecular flexibility index (Phi) is 2.15. The minimum atomic E-state index is -0.515. The zero-order valence-electron chi connectivity index (χ0n) is 9.45. The number of imide groups is 1. The second kappa shape index (κ2) is 3.46. The minimum absolute atomic E-state index is 0.155. The summed E-state index contributed by atoms with van der Waals surface area (Å²) in [4.78, 5) is 23.9. The summed E-state index contributed by atoms with van der Waals surface area (Å²) in [6, 6.07) is 5.21. The molecule has 3 nitrogen and oxygen atoms in total. The highest BCUT2D eigenvalue weighted by atomic mass is 16.2. The van der Waals surface area contributed by atoms with Gasteiger partial charge in [-0.05, 0) is 24.5 Å². The molecule has 1 saturated carbocycles. The molecular weight excluding hydrogens is 213 g/mol. The van der Waals surface area contributed by atoms with E-state index in [-0.39, 0.29) is 11.8 Å². The Morgan fingerprint density at radius 1 is 1.18 bits per heavy atom. The van der Waals surface area contributed by atoms with E-state index in [1.807, 2.05) is 0 Å². The van der Waals surface area contributed by atoms with Crippen molar-refractivity contribution in [2.75, 3.05) is 0 Å². The first-order valence-corrected chi connectivity index (χ1v) is 5.89. The van der Waals surface area contributed by atoms with Crippen LogP contribution in [0.3, 0.4) is 0 Å². The van der Waals surface area contributed by atoms with Crippen molar-refractivity contribution in [3.8, 4) is 0 Å². The second-order valence-corrected chi connectivity index (χ2v) is 4.88. The largest absolute Gasteiger partial charge is 0.292 e. The normalized spacial score (nSPS) is 21.4. The van der Waals surface area contributed by atoms with E-state index in [4.69, 9.17) is 7.85 Å². The number of carbonyl (C=O) groups excluding carboxylic acids is 2. The smallest absolute Gasteiger partial charge is 0.258 e. The van der Waals surface area contributed by atoms with Gasteiger partial charge in [-0.1, -0.05) is 30.4 Å². The van der Waals surface area contributed by atoms with Crippen LogP contribution in [-0.4, -0.2) is 19.7 Å². The third-order valence-corrected chi connectivity index (χ3v) is 3.92. The van der Waals surface area contributed by atoms with E-state index in [0.717, 1.165) is 31.2 Å². The first-order chi connectivity index (χ1) is 8.13. The van der Waals surface area contributed by atoms with Crippen LogP contribution in [0.25, 0.3) is 0 Å². The number of hydrogen-bond donors (Lipinski definition) is 1. The predicted molar refractivity (Wildman–Crippen MR) is 64.4 cm³/mol. The van der Waals surface area contributed by atoms with Gasteiger partial charge in [0.15, 0.2) is 0 Å². The molecule has 17 heavy (non-hydrogen) atoms. The maximum atomic E-state index is 12.1. The molecule has 2 amide bonds. The average molecular weight is 225 g/mol. The quantitative estimate of drug-likeness (QED) is 0.518. The first-order valence-electron chi connectivity index (χ1n) is 5.89. The Morgan fingerprint density at radius 3 is 2.59 bits per heavy atom. The van der Waals surface area contributed by atoms with Gasteiger partial charge < -0.3 is 0 Å². The fourth-order valence-electron chi connectivity index (χ4n) is 3.04. The van der Waals surface area contributed by atoms with Crippen molar-refractivity contribution < 1.29 is 9.59 Å². The molecule has 1 aliphatic carbocycles. The van der Waals surface area contributed by atoms with Gasteiger partial charge in [-0.3, -0.25) is 14.9 Å². The molecule has 1 N–H and O–H groups in total. The Labute approximate surface area is 101 Å². The third-order valence-electron chi connectivity index (χ3n) is 3.92. The van der Waals surface area contributed by atoms with E-state index in [0.29, 0.717) is 11.0 Å². The molecule has 1 heterocycles. The number of carbonyl (C=O) groups is 2. The van der Waals surface area contributed by atoms with Gasteiger partial charge in [0.2, 0.25) is 5.91 Å². The van der Waals surface area contributed by atoms with Gasteiger partial charge in [-0.2, -0.15) is 0 Å². The van der Waals surface area contributed by atoms with Crippen molar-refractivity contribution in [3.05, 3.63) is 29.3 Å². The number of benzene rings is 1. The Hall–Kier alpha value is -1.58. The molecule has 2 radical (unpaired) electrons. The number of amides is 2. The number of hydrogen-bond acceptors (Lipinski definition) is 2. The van der Waals surface area contributed by atoms with Crippen molar-refractivity contribution in [1.82, 2.24) is 5.32 Å². The molecule has 4 heteroatoms. The van der Waals surface area contributed by atoms with Gasteiger partial charge in [-0.25, -0.2) is 0 Å². The van der Waals surface area contributed by atoms with E-state index < -0.39 is 5.41 Å². The zero-order chi connectivity index (χ0) is 12.0. The molecule has 84 valence electrons. The maximum Gasteiger partial charge on any atom is 0.258 e. The lowest BCUT2D eigenvalue weighted by Gasteiger charge is -2.34. The lowest BCUT2D eigenvalue weighted by molar-refractivity contribution is -0.126. The van der Waals surface area contributed by atoms with E-state index in [2.05, 4.69) is 5.32 Å². The molecule has 0 unspecified atom stereocenters.